The number of carbonyl (C=O) groups excluding carboxylic acids is 2. The minimum Gasteiger partial charge on any atom is -0.350 e. The smallest absolute Gasteiger partial charge is 0.264 e. The quantitative estimate of drug-likeness (QED) is 0.170. The Morgan fingerprint density at radius 1 is 0.826 bits per heavy atom. The topological polar surface area (TPSA) is 86.8 Å². The summed E-state index contributed by atoms with van der Waals surface area (Å²) in [5.74, 6) is -0.942. The van der Waals surface area contributed by atoms with Gasteiger partial charge in [0.05, 0.1) is 10.6 Å². The van der Waals surface area contributed by atoms with Crippen molar-refractivity contribution in [2.75, 3.05) is 10.8 Å². The lowest BCUT2D eigenvalue weighted by Crippen LogP contribution is -2.56. The molecule has 7 nitrogen and oxygen atoms in total. The monoisotopic (exact) mass is 679 g/mol. The summed E-state index contributed by atoms with van der Waals surface area (Å²) in [6.07, 6.45) is 0.733. The molecule has 0 saturated carbocycles. The molecule has 0 aromatic heterocycles. The number of sulfonamides is 1. The molecule has 4 rings (SSSR count). The molecular weight excluding hydrogens is 641 g/mol. The second-order valence-corrected chi connectivity index (χ2v) is 14.7. The van der Waals surface area contributed by atoms with Gasteiger partial charge in [0.25, 0.3) is 10.0 Å². The van der Waals surface area contributed by atoms with Gasteiger partial charge in [0.2, 0.25) is 11.8 Å². The van der Waals surface area contributed by atoms with Crippen LogP contribution in [0.5, 0.6) is 0 Å². The number of nitrogens with one attached hydrogen (secondary N) is 1. The van der Waals surface area contributed by atoms with E-state index in [9.17, 15) is 18.0 Å². The Kier molecular flexibility index (Phi) is 11.5. The van der Waals surface area contributed by atoms with Crippen LogP contribution < -0.4 is 9.62 Å². The third-order valence-corrected chi connectivity index (χ3v) is 9.74. The summed E-state index contributed by atoms with van der Waals surface area (Å²) in [7, 11) is -4.19. The largest absolute Gasteiger partial charge is 0.350 e. The first-order valence-electron chi connectivity index (χ1n) is 15.0. The van der Waals surface area contributed by atoms with E-state index >= 15 is 0 Å². The SMILES string of the molecule is CCc1ccccc1N(CC(=O)N(Cc1ccc(Cl)cc1Cl)[C@@H](Cc1ccccc1)C(=O)NC(C)(C)C)S(=O)(=O)c1ccccc1. The number of rotatable bonds is 12. The summed E-state index contributed by atoms with van der Waals surface area (Å²) < 4.78 is 29.6. The summed E-state index contributed by atoms with van der Waals surface area (Å²) >= 11 is 12.8. The predicted molar refractivity (Wildman–Crippen MR) is 186 cm³/mol. The molecule has 0 saturated heterocycles. The summed E-state index contributed by atoms with van der Waals surface area (Å²) in [6.45, 7) is 6.91. The van der Waals surface area contributed by atoms with Crippen LogP contribution >= 0.6 is 23.2 Å². The van der Waals surface area contributed by atoms with Crippen LogP contribution in [-0.4, -0.2) is 43.3 Å². The zero-order valence-corrected chi connectivity index (χ0v) is 28.7. The summed E-state index contributed by atoms with van der Waals surface area (Å²) in [4.78, 5) is 30.2. The van der Waals surface area contributed by atoms with Crippen molar-refractivity contribution < 1.29 is 18.0 Å². The van der Waals surface area contributed by atoms with Crippen LogP contribution in [0.1, 0.15) is 44.4 Å². The number of halogens is 2. The minimum atomic E-state index is -4.19. The van der Waals surface area contributed by atoms with Crippen molar-refractivity contribution in [3.05, 3.63) is 130 Å². The number of hydrogen-bond acceptors (Lipinski definition) is 4. The molecule has 2 amide bonds. The number of amides is 2. The highest BCUT2D eigenvalue weighted by Crippen LogP contribution is 2.29. The number of para-hydroxylation sites is 1. The summed E-state index contributed by atoms with van der Waals surface area (Å²) in [6, 6.07) is 28.5. The van der Waals surface area contributed by atoms with E-state index in [4.69, 9.17) is 23.2 Å². The minimum absolute atomic E-state index is 0.0484. The number of benzene rings is 4. The van der Waals surface area contributed by atoms with Crippen molar-refractivity contribution in [3.8, 4) is 0 Å². The van der Waals surface area contributed by atoms with E-state index in [-0.39, 0.29) is 23.8 Å². The Morgan fingerprint density at radius 3 is 2.04 bits per heavy atom. The van der Waals surface area contributed by atoms with Gasteiger partial charge in [0, 0.05) is 28.5 Å². The average molecular weight is 681 g/mol. The van der Waals surface area contributed by atoms with Gasteiger partial charge >= 0.3 is 0 Å². The van der Waals surface area contributed by atoms with Gasteiger partial charge in [-0.3, -0.25) is 13.9 Å². The van der Waals surface area contributed by atoms with Crippen LogP contribution in [0.25, 0.3) is 0 Å². The normalized spacial score (nSPS) is 12.3. The Morgan fingerprint density at radius 2 is 1.43 bits per heavy atom. The molecule has 0 heterocycles. The van der Waals surface area contributed by atoms with Crippen molar-refractivity contribution in [1.29, 1.82) is 0 Å². The first kappa shape index (κ1) is 35.0. The van der Waals surface area contributed by atoms with Crippen LogP contribution in [0.3, 0.4) is 0 Å². The van der Waals surface area contributed by atoms with Gasteiger partial charge in [-0.05, 0) is 74.2 Å². The first-order valence-corrected chi connectivity index (χ1v) is 17.2. The van der Waals surface area contributed by atoms with Crippen molar-refractivity contribution in [2.45, 2.75) is 63.6 Å². The fourth-order valence-corrected chi connectivity index (χ4v) is 7.07. The number of aryl methyl sites for hydroxylation is 1. The summed E-state index contributed by atoms with van der Waals surface area (Å²) in [5, 5.41) is 3.77. The molecule has 0 unspecified atom stereocenters. The Bertz CT molecular complexity index is 1760. The third-order valence-electron chi connectivity index (χ3n) is 7.38. The molecule has 0 spiro atoms. The molecule has 4 aromatic rings. The standard InChI is InChI=1S/C36H39Cl2N3O4S/c1-5-27-16-12-13-19-32(27)41(46(44,45)30-17-10-7-11-18-30)25-34(42)40(24-28-20-21-29(37)23-31(28)38)33(35(43)39-36(2,3)4)22-26-14-8-6-9-15-26/h6-21,23,33H,5,22,24-25H2,1-4H3,(H,39,43)/t33-/m0/s1. The van der Waals surface area contributed by atoms with Gasteiger partial charge in [-0.2, -0.15) is 0 Å². The molecule has 46 heavy (non-hydrogen) atoms. The summed E-state index contributed by atoms with van der Waals surface area (Å²) in [5.41, 5.74) is 1.95. The average Bonchev–Trinajstić information content (AvgIpc) is 3.02. The molecule has 10 heteroatoms. The zero-order valence-electron chi connectivity index (χ0n) is 26.4. The lowest BCUT2D eigenvalue weighted by atomic mass is 10.0. The van der Waals surface area contributed by atoms with Crippen LogP contribution in [-0.2, 0) is 39.0 Å². The highest BCUT2D eigenvalue weighted by atomic mass is 35.5. The lowest BCUT2D eigenvalue weighted by molar-refractivity contribution is -0.140. The van der Waals surface area contributed by atoms with Crippen LogP contribution in [0, 0.1) is 0 Å². The lowest BCUT2D eigenvalue weighted by Gasteiger charge is -2.35. The van der Waals surface area contributed by atoms with Gasteiger partial charge < -0.3 is 10.2 Å². The van der Waals surface area contributed by atoms with Gasteiger partial charge in [-0.15, -0.1) is 0 Å². The maximum atomic E-state index is 14.7. The molecule has 0 bridgehead atoms. The van der Waals surface area contributed by atoms with E-state index in [1.165, 1.54) is 17.0 Å². The maximum absolute atomic E-state index is 14.7. The second kappa shape index (κ2) is 15.2. The highest BCUT2D eigenvalue weighted by molar-refractivity contribution is 7.92. The maximum Gasteiger partial charge on any atom is 0.264 e. The number of hydrogen-bond donors (Lipinski definition) is 1. The molecule has 0 aliphatic carbocycles. The predicted octanol–water partition coefficient (Wildman–Crippen LogP) is 7.31. The van der Waals surface area contributed by atoms with Crippen LogP contribution in [0.15, 0.2) is 108 Å². The van der Waals surface area contributed by atoms with Crippen molar-refractivity contribution in [3.63, 3.8) is 0 Å². The van der Waals surface area contributed by atoms with Gasteiger partial charge in [-0.1, -0.05) is 103 Å². The highest BCUT2D eigenvalue weighted by Gasteiger charge is 2.36. The fourth-order valence-electron chi connectivity index (χ4n) is 5.13. The van der Waals surface area contributed by atoms with Crippen molar-refractivity contribution in [2.24, 2.45) is 0 Å². The molecule has 0 fully saturated rings. The molecular formula is C36H39Cl2N3O4S. The van der Waals surface area contributed by atoms with E-state index in [0.717, 1.165) is 15.4 Å². The Labute approximate surface area is 282 Å². The van der Waals surface area contributed by atoms with Crippen LogP contribution in [0.2, 0.25) is 10.0 Å². The van der Waals surface area contributed by atoms with Crippen LogP contribution in [0.4, 0.5) is 5.69 Å². The van der Waals surface area contributed by atoms with E-state index in [2.05, 4.69) is 5.32 Å². The number of anilines is 1. The Balaban J connectivity index is 1.86. The van der Waals surface area contributed by atoms with Gasteiger partial charge in [-0.25, -0.2) is 8.42 Å². The van der Waals surface area contributed by atoms with E-state index in [1.807, 2.05) is 70.2 Å². The van der Waals surface area contributed by atoms with E-state index in [1.54, 1.807) is 48.5 Å². The Hall–Kier alpha value is -3.85. The van der Waals surface area contributed by atoms with E-state index in [0.29, 0.717) is 27.7 Å². The van der Waals surface area contributed by atoms with Crippen molar-refractivity contribution >= 4 is 50.7 Å². The number of carbonyl (C=O) groups is 2. The van der Waals surface area contributed by atoms with E-state index < -0.39 is 34.1 Å². The molecule has 4 aromatic carbocycles. The molecule has 242 valence electrons. The van der Waals surface area contributed by atoms with Gasteiger partial charge in [0.1, 0.15) is 12.6 Å². The molecule has 0 radical (unpaired) electrons. The van der Waals surface area contributed by atoms with Crippen molar-refractivity contribution in [1.82, 2.24) is 10.2 Å². The molecule has 1 atom stereocenters. The molecule has 1 N–H and O–H groups in total. The fraction of sp³-hybridized carbons (Fsp3) is 0.278. The van der Waals surface area contributed by atoms with Gasteiger partial charge in [0.15, 0.2) is 0 Å². The third kappa shape index (κ3) is 8.90. The molecule has 0 aliphatic rings. The zero-order chi connectivity index (χ0) is 33.5. The first-order chi connectivity index (χ1) is 21.8. The second-order valence-electron chi connectivity index (χ2n) is 12.0. The number of nitrogens with zero attached hydrogens (tertiary/aromatic N) is 2. The molecule has 0 aliphatic heterocycles.